The molecule has 1 N–H and O–H groups in total. The van der Waals surface area contributed by atoms with Gasteiger partial charge in [0.15, 0.2) is 5.78 Å². The number of aliphatic carboxylic acids is 1. The van der Waals surface area contributed by atoms with E-state index in [4.69, 9.17) is 23.2 Å². The normalized spacial score (nSPS) is 23.0. The molecule has 2 aromatic rings. The molecule has 41 heavy (non-hydrogen) atoms. The van der Waals surface area contributed by atoms with E-state index in [9.17, 15) is 23.9 Å². The lowest BCUT2D eigenvalue weighted by molar-refractivity contribution is -0.150. The SMILES string of the molecule is CC(C)c1c(C(=O)N(CC(=O)c2c(Cl)cc(F)cc2Cl)C2CCC(C)(C)CC2)cnn1C1CCC(C)(C(=O)O)CC1. The van der Waals surface area contributed by atoms with Crippen LogP contribution in [0.2, 0.25) is 10.0 Å². The third-order valence-corrected chi connectivity index (χ3v) is 9.74. The number of carboxylic acids is 1. The van der Waals surface area contributed by atoms with E-state index < -0.39 is 23.0 Å². The van der Waals surface area contributed by atoms with Crippen molar-refractivity contribution in [2.24, 2.45) is 10.8 Å². The molecule has 1 amide bonds. The first-order valence-electron chi connectivity index (χ1n) is 14.4. The van der Waals surface area contributed by atoms with Gasteiger partial charge in [0.25, 0.3) is 5.91 Å². The molecular weight excluding hydrogens is 568 g/mol. The highest BCUT2D eigenvalue weighted by Crippen LogP contribution is 2.42. The molecule has 2 aliphatic carbocycles. The number of Topliss-reactive ketones (excluding diaryl/α,β-unsaturated/α-hetero) is 1. The number of benzene rings is 1. The summed E-state index contributed by atoms with van der Waals surface area (Å²) in [5, 5.41) is 14.1. The highest BCUT2D eigenvalue weighted by atomic mass is 35.5. The molecular formula is C31H40Cl2FN3O4. The molecule has 0 unspecified atom stereocenters. The van der Waals surface area contributed by atoms with Crippen LogP contribution in [0.1, 0.15) is 124 Å². The van der Waals surface area contributed by atoms with E-state index in [0.29, 0.717) is 31.2 Å². The zero-order chi connectivity index (χ0) is 30.3. The lowest BCUT2D eigenvalue weighted by Crippen LogP contribution is -2.46. The third-order valence-electron chi connectivity index (χ3n) is 9.14. The lowest BCUT2D eigenvalue weighted by atomic mass is 9.74. The van der Waals surface area contributed by atoms with Crippen molar-refractivity contribution in [3.8, 4) is 0 Å². The van der Waals surface area contributed by atoms with E-state index in [0.717, 1.165) is 43.5 Å². The van der Waals surface area contributed by atoms with Crippen LogP contribution in [0.4, 0.5) is 4.39 Å². The van der Waals surface area contributed by atoms with Crippen molar-refractivity contribution in [2.45, 2.75) is 104 Å². The molecule has 0 saturated heterocycles. The first-order valence-corrected chi connectivity index (χ1v) is 15.2. The number of hydrogen-bond acceptors (Lipinski definition) is 4. The molecule has 0 atom stereocenters. The summed E-state index contributed by atoms with van der Waals surface area (Å²) in [5.41, 5.74) is 0.630. The summed E-state index contributed by atoms with van der Waals surface area (Å²) in [7, 11) is 0. The molecule has 1 heterocycles. The van der Waals surface area contributed by atoms with Crippen molar-refractivity contribution in [3.63, 3.8) is 0 Å². The molecule has 1 aromatic heterocycles. The number of amides is 1. The summed E-state index contributed by atoms with van der Waals surface area (Å²) >= 11 is 12.5. The van der Waals surface area contributed by atoms with E-state index in [1.165, 1.54) is 0 Å². The van der Waals surface area contributed by atoms with Crippen LogP contribution in [0.3, 0.4) is 0 Å². The zero-order valence-corrected chi connectivity index (χ0v) is 26.0. The van der Waals surface area contributed by atoms with Gasteiger partial charge in [-0.3, -0.25) is 19.1 Å². The molecule has 10 heteroatoms. The molecule has 2 fully saturated rings. The van der Waals surface area contributed by atoms with E-state index in [1.54, 1.807) is 18.0 Å². The second kappa shape index (κ2) is 12.0. The Balaban J connectivity index is 1.67. The maximum Gasteiger partial charge on any atom is 0.309 e. The van der Waals surface area contributed by atoms with Gasteiger partial charge in [-0.1, -0.05) is 50.9 Å². The predicted molar refractivity (Wildman–Crippen MR) is 157 cm³/mol. The molecule has 1 aromatic carbocycles. The minimum absolute atomic E-state index is 0.00661. The maximum atomic E-state index is 14.3. The van der Waals surface area contributed by atoms with Crippen LogP contribution >= 0.6 is 23.2 Å². The second-order valence-corrected chi connectivity index (χ2v) is 14.0. The van der Waals surface area contributed by atoms with Crippen LogP contribution in [0, 0.1) is 16.6 Å². The van der Waals surface area contributed by atoms with E-state index >= 15 is 0 Å². The van der Waals surface area contributed by atoms with Crippen molar-refractivity contribution in [2.75, 3.05) is 6.54 Å². The minimum Gasteiger partial charge on any atom is -0.481 e. The summed E-state index contributed by atoms with van der Waals surface area (Å²) in [6.45, 7) is 9.97. The highest BCUT2D eigenvalue weighted by Gasteiger charge is 2.40. The fourth-order valence-corrected chi connectivity index (χ4v) is 7.03. The standard InChI is InChI=1S/C31H40Cl2FN3O4/c1-18(2)27-22(16-35-37(27)21-8-12-31(5,13-9-21)29(40)41)28(39)36(20-6-10-30(3,4)11-7-20)17-25(38)26-23(32)14-19(34)15-24(26)33/h14-16,18,20-21H,6-13,17H2,1-5H3,(H,40,41). The average molecular weight is 609 g/mol. The molecule has 224 valence electrons. The monoisotopic (exact) mass is 607 g/mol. The quantitative estimate of drug-likeness (QED) is 0.307. The molecule has 2 aliphatic rings. The Morgan fingerprint density at radius 2 is 1.61 bits per heavy atom. The maximum absolute atomic E-state index is 14.3. The second-order valence-electron chi connectivity index (χ2n) is 13.1. The molecule has 0 aliphatic heterocycles. The number of carbonyl (C=O) groups excluding carboxylic acids is 2. The number of ketones is 1. The number of hydrogen-bond donors (Lipinski definition) is 1. The van der Waals surface area contributed by atoms with Crippen LogP contribution < -0.4 is 0 Å². The fourth-order valence-electron chi connectivity index (χ4n) is 6.36. The van der Waals surface area contributed by atoms with Gasteiger partial charge in [0.05, 0.1) is 51.1 Å². The Labute approximate surface area is 251 Å². The van der Waals surface area contributed by atoms with Gasteiger partial charge in [0.2, 0.25) is 0 Å². The number of carboxylic acid groups (broad SMARTS) is 1. The largest absolute Gasteiger partial charge is 0.481 e. The van der Waals surface area contributed by atoms with E-state index in [2.05, 4.69) is 18.9 Å². The summed E-state index contributed by atoms with van der Waals surface area (Å²) in [4.78, 5) is 41.3. The molecule has 7 nitrogen and oxygen atoms in total. The number of aromatic nitrogens is 2. The van der Waals surface area contributed by atoms with Crippen LogP contribution in [0.25, 0.3) is 0 Å². The van der Waals surface area contributed by atoms with Gasteiger partial charge in [-0.25, -0.2) is 4.39 Å². The van der Waals surface area contributed by atoms with Crippen molar-refractivity contribution in [3.05, 3.63) is 51.0 Å². The van der Waals surface area contributed by atoms with Gasteiger partial charge in [-0.15, -0.1) is 0 Å². The first kappa shape index (κ1) is 31.5. The summed E-state index contributed by atoms with van der Waals surface area (Å²) < 4.78 is 15.7. The Morgan fingerprint density at radius 3 is 2.12 bits per heavy atom. The molecule has 2 saturated carbocycles. The van der Waals surface area contributed by atoms with Gasteiger partial charge in [-0.2, -0.15) is 5.10 Å². The lowest BCUT2D eigenvalue weighted by Gasteiger charge is -2.40. The third kappa shape index (κ3) is 6.64. The van der Waals surface area contributed by atoms with Gasteiger partial charge in [-0.05, 0) is 81.8 Å². The van der Waals surface area contributed by atoms with Crippen LogP contribution in [-0.4, -0.2) is 50.0 Å². The number of halogens is 3. The number of carbonyl (C=O) groups is 3. The Kier molecular flexibility index (Phi) is 9.25. The molecule has 0 radical (unpaired) electrons. The van der Waals surface area contributed by atoms with Crippen LogP contribution in [-0.2, 0) is 4.79 Å². The molecule has 0 bridgehead atoms. The topological polar surface area (TPSA) is 92.5 Å². The van der Waals surface area contributed by atoms with E-state index in [1.807, 2.05) is 18.5 Å². The summed E-state index contributed by atoms with van der Waals surface area (Å²) in [6.07, 6.45) is 7.28. The van der Waals surface area contributed by atoms with Crippen LogP contribution in [0.5, 0.6) is 0 Å². The fraction of sp³-hybridized carbons (Fsp3) is 0.613. The zero-order valence-electron chi connectivity index (χ0n) is 24.5. The Hall–Kier alpha value is -2.45. The number of nitrogens with zero attached hydrogens (tertiary/aromatic N) is 3. The van der Waals surface area contributed by atoms with Gasteiger partial charge in [0, 0.05) is 6.04 Å². The first-order chi connectivity index (χ1) is 19.1. The van der Waals surface area contributed by atoms with E-state index in [-0.39, 0.29) is 51.5 Å². The van der Waals surface area contributed by atoms with Crippen molar-refractivity contribution in [1.29, 1.82) is 0 Å². The summed E-state index contributed by atoms with van der Waals surface area (Å²) in [6, 6.07) is 1.93. The van der Waals surface area contributed by atoms with Crippen molar-refractivity contribution < 1.29 is 23.9 Å². The Morgan fingerprint density at radius 1 is 1.05 bits per heavy atom. The predicted octanol–water partition coefficient (Wildman–Crippen LogP) is 7.95. The van der Waals surface area contributed by atoms with Crippen molar-refractivity contribution >= 4 is 40.9 Å². The Bertz CT molecular complexity index is 1300. The van der Waals surface area contributed by atoms with Gasteiger partial charge >= 0.3 is 5.97 Å². The molecule has 0 spiro atoms. The smallest absolute Gasteiger partial charge is 0.309 e. The average Bonchev–Trinajstić information content (AvgIpc) is 3.32. The van der Waals surface area contributed by atoms with Gasteiger partial charge in [0.1, 0.15) is 5.82 Å². The van der Waals surface area contributed by atoms with Crippen molar-refractivity contribution in [1.82, 2.24) is 14.7 Å². The summed E-state index contributed by atoms with van der Waals surface area (Å²) in [5.74, 6) is -2.18. The highest BCUT2D eigenvalue weighted by molar-refractivity contribution is 6.40. The van der Waals surface area contributed by atoms with Gasteiger partial charge < -0.3 is 10.0 Å². The number of rotatable bonds is 8. The van der Waals surface area contributed by atoms with Crippen LogP contribution in [0.15, 0.2) is 18.3 Å². The molecule has 4 rings (SSSR count). The minimum atomic E-state index is -0.784.